The van der Waals surface area contributed by atoms with Crippen LogP contribution in [-0.2, 0) is 10.8 Å². The molecule has 2 N–H and O–H groups in total. The van der Waals surface area contributed by atoms with Gasteiger partial charge in [-0.25, -0.2) is 0 Å². The van der Waals surface area contributed by atoms with Gasteiger partial charge in [0.25, 0.3) is 0 Å². The Morgan fingerprint density at radius 1 is 1.05 bits per heavy atom. The standard InChI is InChI=1S/C19H23N3/c1-12-16-17(19(5,11-20)10-18(16,3)4)13(2)22(12)15-8-6-14(21)7-9-15/h6-9H,10,21H2,1-5H3. The zero-order chi connectivity index (χ0) is 16.3. The average Bonchev–Trinajstić information content (AvgIpc) is 2.84. The number of hydrogen-bond acceptors (Lipinski definition) is 2. The van der Waals surface area contributed by atoms with E-state index in [2.05, 4.69) is 45.3 Å². The number of rotatable bonds is 1. The molecule has 114 valence electrons. The maximum absolute atomic E-state index is 9.76. The van der Waals surface area contributed by atoms with E-state index in [0.717, 1.165) is 17.8 Å². The first-order valence-electron chi connectivity index (χ1n) is 7.71. The van der Waals surface area contributed by atoms with E-state index in [-0.39, 0.29) is 5.41 Å². The SMILES string of the molecule is Cc1c2c(c(C)n1-c1ccc(N)cc1)C(C)(C#N)CC2(C)C. The number of nitrogens with zero attached hydrogens (tertiary/aromatic N) is 2. The van der Waals surface area contributed by atoms with Crippen molar-refractivity contribution in [1.29, 1.82) is 5.26 Å². The van der Waals surface area contributed by atoms with E-state index in [1.165, 1.54) is 22.5 Å². The highest BCUT2D eigenvalue weighted by Gasteiger charge is 2.49. The van der Waals surface area contributed by atoms with Gasteiger partial charge in [0, 0.05) is 22.8 Å². The van der Waals surface area contributed by atoms with Crippen LogP contribution in [-0.4, -0.2) is 4.57 Å². The predicted octanol–water partition coefficient (Wildman–Crippen LogP) is 4.14. The first kappa shape index (κ1) is 14.7. The Labute approximate surface area is 132 Å². The van der Waals surface area contributed by atoms with E-state index in [1.54, 1.807) is 0 Å². The lowest BCUT2D eigenvalue weighted by Gasteiger charge is -2.24. The Balaban J connectivity index is 2.32. The van der Waals surface area contributed by atoms with Gasteiger partial charge >= 0.3 is 0 Å². The van der Waals surface area contributed by atoms with Crippen molar-refractivity contribution in [2.75, 3.05) is 5.73 Å². The molecule has 3 rings (SSSR count). The summed E-state index contributed by atoms with van der Waals surface area (Å²) in [6, 6.07) is 10.5. The van der Waals surface area contributed by atoms with Gasteiger partial charge in [0.15, 0.2) is 0 Å². The molecule has 0 bridgehead atoms. The third kappa shape index (κ3) is 1.80. The summed E-state index contributed by atoms with van der Waals surface area (Å²) in [5.74, 6) is 0. The van der Waals surface area contributed by atoms with Crippen LogP contribution >= 0.6 is 0 Å². The van der Waals surface area contributed by atoms with E-state index >= 15 is 0 Å². The minimum atomic E-state index is -0.410. The molecule has 2 aromatic rings. The number of nitrogens with two attached hydrogens (primary N) is 1. The van der Waals surface area contributed by atoms with Crippen molar-refractivity contribution in [3.63, 3.8) is 0 Å². The summed E-state index contributed by atoms with van der Waals surface area (Å²) in [5.41, 5.74) is 12.3. The third-order valence-electron chi connectivity index (χ3n) is 5.07. The van der Waals surface area contributed by atoms with E-state index in [0.29, 0.717) is 0 Å². The van der Waals surface area contributed by atoms with Crippen molar-refractivity contribution in [2.24, 2.45) is 0 Å². The predicted molar refractivity (Wildman–Crippen MR) is 90.3 cm³/mol. The quantitative estimate of drug-likeness (QED) is 0.803. The Morgan fingerprint density at radius 3 is 2.14 bits per heavy atom. The highest BCUT2D eigenvalue weighted by Crippen LogP contribution is 2.53. The molecule has 0 spiro atoms. The summed E-state index contributed by atoms with van der Waals surface area (Å²) in [5, 5.41) is 9.76. The Kier molecular flexibility index (Phi) is 2.94. The maximum Gasteiger partial charge on any atom is 0.0822 e. The molecule has 1 aliphatic rings. The van der Waals surface area contributed by atoms with Crippen LogP contribution in [0.25, 0.3) is 5.69 Å². The highest BCUT2D eigenvalue weighted by molar-refractivity contribution is 5.58. The summed E-state index contributed by atoms with van der Waals surface area (Å²) < 4.78 is 2.26. The molecule has 0 aliphatic heterocycles. The molecule has 1 aromatic carbocycles. The minimum Gasteiger partial charge on any atom is -0.399 e. The van der Waals surface area contributed by atoms with E-state index in [4.69, 9.17) is 5.73 Å². The number of fused-ring (bicyclic) bond motifs is 1. The number of nitrogen functional groups attached to an aromatic ring is 1. The number of aromatic nitrogens is 1. The van der Waals surface area contributed by atoms with Crippen LogP contribution < -0.4 is 5.73 Å². The summed E-state index contributed by atoms with van der Waals surface area (Å²) >= 11 is 0. The molecular weight excluding hydrogens is 270 g/mol. The molecule has 1 heterocycles. The fourth-order valence-electron chi connectivity index (χ4n) is 4.51. The lowest BCUT2D eigenvalue weighted by atomic mass is 9.80. The van der Waals surface area contributed by atoms with Gasteiger partial charge in [-0.15, -0.1) is 0 Å². The zero-order valence-corrected chi connectivity index (χ0v) is 14.0. The molecule has 0 radical (unpaired) electrons. The van der Waals surface area contributed by atoms with Crippen LogP contribution in [0.3, 0.4) is 0 Å². The van der Waals surface area contributed by atoms with Crippen LogP contribution in [0.4, 0.5) is 5.69 Å². The molecule has 1 atom stereocenters. The third-order valence-corrected chi connectivity index (χ3v) is 5.07. The summed E-state index contributed by atoms with van der Waals surface area (Å²) in [4.78, 5) is 0. The molecule has 3 heteroatoms. The molecule has 22 heavy (non-hydrogen) atoms. The average molecular weight is 293 g/mol. The second-order valence-corrected chi connectivity index (χ2v) is 7.35. The molecular formula is C19H23N3. The van der Waals surface area contributed by atoms with Crippen molar-refractivity contribution in [3.05, 3.63) is 46.8 Å². The molecule has 0 amide bonds. The zero-order valence-electron chi connectivity index (χ0n) is 14.0. The maximum atomic E-state index is 9.76. The highest BCUT2D eigenvalue weighted by atomic mass is 15.0. The van der Waals surface area contributed by atoms with Gasteiger partial charge < -0.3 is 10.3 Å². The van der Waals surface area contributed by atoms with E-state index in [1.807, 2.05) is 24.3 Å². The first-order valence-corrected chi connectivity index (χ1v) is 7.71. The van der Waals surface area contributed by atoms with Crippen LogP contribution in [0.1, 0.15) is 49.7 Å². The topological polar surface area (TPSA) is 54.7 Å². The van der Waals surface area contributed by atoms with Crippen LogP contribution in [0, 0.1) is 25.2 Å². The number of anilines is 1. The molecule has 0 fully saturated rings. The number of hydrogen-bond donors (Lipinski definition) is 1. The second-order valence-electron chi connectivity index (χ2n) is 7.35. The Morgan fingerprint density at radius 2 is 1.59 bits per heavy atom. The van der Waals surface area contributed by atoms with E-state index < -0.39 is 5.41 Å². The fraction of sp³-hybridized carbons (Fsp3) is 0.421. The van der Waals surface area contributed by atoms with Crippen LogP contribution in [0.15, 0.2) is 24.3 Å². The molecule has 1 aliphatic carbocycles. The molecule has 3 nitrogen and oxygen atoms in total. The Bertz CT molecular complexity index is 788. The monoisotopic (exact) mass is 293 g/mol. The van der Waals surface area contributed by atoms with Crippen molar-refractivity contribution in [2.45, 2.75) is 51.9 Å². The van der Waals surface area contributed by atoms with Crippen LogP contribution in [0.2, 0.25) is 0 Å². The lowest BCUT2D eigenvalue weighted by Crippen LogP contribution is -2.22. The van der Waals surface area contributed by atoms with Gasteiger partial charge in [-0.1, -0.05) is 13.8 Å². The smallest absolute Gasteiger partial charge is 0.0822 e. The Hall–Kier alpha value is -2.21. The summed E-state index contributed by atoms with van der Waals surface area (Å²) in [6.07, 6.45) is 0.880. The van der Waals surface area contributed by atoms with Gasteiger partial charge in [0.2, 0.25) is 0 Å². The number of benzene rings is 1. The minimum absolute atomic E-state index is 0.0215. The van der Waals surface area contributed by atoms with Crippen LogP contribution in [0.5, 0.6) is 0 Å². The van der Waals surface area contributed by atoms with Gasteiger partial charge in [-0.2, -0.15) is 5.26 Å². The summed E-state index contributed by atoms with van der Waals surface area (Å²) in [6.45, 7) is 10.8. The largest absolute Gasteiger partial charge is 0.399 e. The second kappa shape index (κ2) is 4.39. The first-order chi connectivity index (χ1) is 10.2. The normalized spacial score (nSPS) is 22.4. The molecule has 1 aromatic heterocycles. The van der Waals surface area contributed by atoms with Gasteiger partial charge in [0.05, 0.1) is 11.5 Å². The fourth-order valence-corrected chi connectivity index (χ4v) is 4.51. The number of nitriles is 1. The van der Waals surface area contributed by atoms with Crippen molar-refractivity contribution < 1.29 is 0 Å². The van der Waals surface area contributed by atoms with Crippen molar-refractivity contribution >= 4 is 5.69 Å². The van der Waals surface area contributed by atoms with Crippen molar-refractivity contribution in [1.82, 2.24) is 4.57 Å². The van der Waals surface area contributed by atoms with Gasteiger partial charge in [-0.3, -0.25) is 0 Å². The summed E-state index contributed by atoms with van der Waals surface area (Å²) in [7, 11) is 0. The lowest BCUT2D eigenvalue weighted by molar-refractivity contribution is 0.434. The van der Waals surface area contributed by atoms with Gasteiger partial charge in [0.1, 0.15) is 0 Å². The van der Waals surface area contributed by atoms with Gasteiger partial charge in [-0.05, 0) is 68.0 Å². The van der Waals surface area contributed by atoms with Crippen molar-refractivity contribution in [3.8, 4) is 11.8 Å². The van der Waals surface area contributed by atoms with E-state index in [9.17, 15) is 5.26 Å². The molecule has 1 unspecified atom stereocenters. The molecule has 0 saturated heterocycles. The molecule has 0 saturated carbocycles.